The van der Waals surface area contributed by atoms with Gasteiger partial charge in [0.25, 0.3) is 5.91 Å². The van der Waals surface area contributed by atoms with Crippen LogP contribution in [0.1, 0.15) is 30.8 Å². The highest BCUT2D eigenvalue weighted by atomic mass is 79.9. The van der Waals surface area contributed by atoms with Gasteiger partial charge < -0.3 is 10.1 Å². The van der Waals surface area contributed by atoms with E-state index in [9.17, 15) is 9.59 Å². The van der Waals surface area contributed by atoms with Crippen molar-refractivity contribution in [2.45, 2.75) is 25.8 Å². The molecule has 1 heterocycles. The Morgan fingerprint density at radius 3 is 2.74 bits per heavy atom. The zero-order valence-electron chi connectivity index (χ0n) is 13.2. The Labute approximate surface area is 143 Å². The number of halogens is 1. The number of amides is 1. The van der Waals surface area contributed by atoms with Crippen LogP contribution in [-0.2, 0) is 9.53 Å². The Bertz CT molecular complexity index is 729. The van der Waals surface area contributed by atoms with Crippen LogP contribution >= 0.6 is 15.9 Å². The number of ether oxygens (including phenoxy) is 1. The van der Waals surface area contributed by atoms with E-state index in [1.54, 1.807) is 30.8 Å². The number of hydrogen-bond acceptors (Lipinski definition) is 4. The highest BCUT2D eigenvalue weighted by Crippen LogP contribution is 2.16. The minimum Gasteiger partial charge on any atom is -0.467 e. The van der Waals surface area contributed by atoms with Gasteiger partial charge in [-0.2, -0.15) is 5.10 Å². The lowest BCUT2D eigenvalue weighted by Gasteiger charge is -2.25. The number of carbonyl (C=O) groups is 2. The quantitative estimate of drug-likeness (QED) is 0.810. The van der Waals surface area contributed by atoms with Crippen LogP contribution in [0.25, 0.3) is 5.69 Å². The number of nitrogens with zero attached hydrogens (tertiary/aromatic N) is 2. The standard InChI is InChI=1S/C16H18BrN3O3/c1-4-16(2,15(22)23-3)18-14(21)13-8-9-20(19-13)12-7-5-6-11(17)10-12/h5-10H,4H2,1-3H3,(H,18,21). The maximum Gasteiger partial charge on any atom is 0.331 e. The minimum absolute atomic E-state index is 0.230. The number of carbonyl (C=O) groups excluding carboxylic acids is 2. The Morgan fingerprint density at radius 2 is 2.13 bits per heavy atom. The predicted octanol–water partition coefficient (Wildman–Crippen LogP) is 2.71. The molecule has 0 bridgehead atoms. The van der Waals surface area contributed by atoms with Gasteiger partial charge in [0, 0.05) is 10.7 Å². The molecular formula is C16H18BrN3O3. The predicted molar refractivity (Wildman–Crippen MR) is 89.4 cm³/mol. The molecule has 7 heteroatoms. The van der Waals surface area contributed by atoms with Gasteiger partial charge in [-0.3, -0.25) is 4.79 Å². The molecule has 122 valence electrons. The fourth-order valence-electron chi connectivity index (χ4n) is 2.03. The summed E-state index contributed by atoms with van der Waals surface area (Å²) in [6, 6.07) is 9.16. The molecule has 6 nitrogen and oxygen atoms in total. The number of rotatable bonds is 5. The highest BCUT2D eigenvalue weighted by molar-refractivity contribution is 9.10. The van der Waals surface area contributed by atoms with E-state index < -0.39 is 17.4 Å². The van der Waals surface area contributed by atoms with Crippen molar-refractivity contribution >= 4 is 27.8 Å². The van der Waals surface area contributed by atoms with Crippen molar-refractivity contribution < 1.29 is 14.3 Å². The second-order valence-electron chi connectivity index (χ2n) is 5.26. The first-order chi connectivity index (χ1) is 10.9. The third-order valence-corrected chi connectivity index (χ3v) is 4.12. The highest BCUT2D eigenvalue weighted by Gasteiger charge is 2.34. The lowest BCUT2D eigenvalue weighted by Crippen LogP contribution is -2.52. The number of benzene rings is 1. The van der Waals surface area contributed by atoms with Crippen molar-refractivity contribution in [1.82, 2.24) is 15.1 Å². The second-order valence-corrected chi connectivity index (χ2v) is 6.17. The molecule has 1 aromatic carbocycles. The van der Waals surface area contributed by atoms with E-state index in [0.717, 1.165) is 10.2 Å². The van der Waals surface area contributed by atoms with Crippen molar-refractivity contribution in [2.75, 3.05) is 7.11 Å². The van der Waals surface area contributed by atoms with Crippen LogP contribution in [-0.4, -0.2) is 34.3 Å². The lowest BCUT2D eigenvalue weighted by molar-refractivity contribution is -0.147. The molecule has 1 N–H and O–H groups in total. The number of aromatic nitrogens is 2. The molecule has 0 saturated heterocycles. The molecular weight excluding hydrogens is 362 g/mol. The van der Waals surface area contributed by atoms with Gasteiger partial charge in [0.2, 0.25) is 0 Å². The van der Waals surface area contributed by atoms with E-state index in [1.165, 1.54) is 7.11 Å². The third-order valence-electron chi connectivity index (χ3n) is 3.63. The van der Waals surface area contributed by atoms with Crippen molar-refractivity contribution in [3.63, 3.8) is 0 Å². The van der Waals surface area contributed by atoms with E-state index in [4.69, 9.17) is 4.74 Å². The smallest absolute Gasteiger partial charge is 0.331 e. The first kappa shape index (κ1) is 17.2. The average Bonchev–Trinajstić information content (AvgIpc) is 3.04. The lowest BCUT2D eigenvalue weighted by atomic mass is 9.99. The summed E-state index contributed by atoms with van der Waals surface area (Å²) < 4.78 is 7.26. The largest absolute Gasteiger partial charge is 0.467 e. The molecule has 0 fully saturated rings. The first-order valence-electron chi connectivity index (χ1n) is 7.12. The van der Waals surface area contributed by atoms with Crippen LogP contribution < -0.4 is 5.32 Å². The van der Waals surface area contributed by atoms with Crippen molar-refractivity contribution in [3.8, 4) is 5.69 Å². The molecule has 23 heavy (non-hydrogen) atoms. The zero-order chi connectivity index (χ0) is 17.0. The van der Waals surface area contributed by atoms with Gasteiger partial charge >= 0.3 is 5.97 Å². The summed E-state index contributed by atoms with van der Waals surface area (Å²) >= 11 is 3.40. The van der Waals surface area contributed by atoms with Gasteiger partial charge in [-0.05, 0) is 37.6 Å². The molecule has 0 spiro atoms. The van der Waals surface area contributed by atoms with Gasteiger partial charge in [0.15, 0.2) is 5.69 Å². The molecule has 1 aromatic heterocycles. The topological polar surface area (TPSA) is 73.2 Å². The molecule has 2 rings (SSSR count). The second kappa shape index (κ2) is 6.95. The zero-order valence-corrected chi connectivity index (χ0v) is 14.8. The van der Waals surface area contributed by atoms with Gasteiger partial charge in [-0.25, -0.2) is 9.48 Å². The molecule has 0 saturated carbocycles. The molecule has 2 aromatic rings. The Kier molecular flexibility index (Phi) is 5.20. The van der Waals surface area contributed by atoms with Crippen LogP contribution in [0.4, 0.5) is 0 Å². The number of esters is 1. The van der Waals surface area contributed by atoms with Crippen LogP contribution in [0.3, 0.4) is 0 Å². The molecule has 0 radical (unpaired) electrons. The van der Waals surface area contributed by atoms with Crippen molar-refractivity contribution in [1.29, 1.82) is 0 Å². The summed E-state index contributed by atoms with van der Waals surface area (Å²) in [4.78, 5) is 24.2. The van der Waals surface area contributed by atoms with E-state index in [0.29, 0.717) is 6.42 Å². The van der Waals surface area contributed by atoms with E-state index in [-0.39, 0.29) is 5.69 Å². The fourth-order valence-corrected chi connectivity index (χ4v) is 2.42. The summed E-state index contributed by atoms with van der Waals surface area (Å²) in [6.07, 6.45) is 2.11. The molecule has 0 aliphatic carbocycles. The normalized spacial score (nSPS) is 13.2. The van der Waals surface area contributed by atoms with Crippen LogP contribution in [0.2, 0.25) is 0 Å². The summed E-state index contributed by atoms with van der Waals surface area (Å²) in [6.45, 7) is 3.43. The molecule has 1 unspecified atom stereocenters. The molecule has 1 atom stereocenters. The minimum atomic E-state index is -1.08. The molecule has 0 aliphatic rings. The Morgan fingerprint density at radius 1 is 1.39 bits per heavy atom. The summed E-state index contributed by atoms with van der Waals surface area (Å²) in [5.41, 5.74) is -0.0241. The van der Waals surface area contributed by atoms with E-state index >= 15 is 0 Å². The van der Waals surface area contributed by atoms with Gasteiger partial charge in [-0.1, -0.05) is 28.9 Å². The van der Waals surface area contributed by atoms with Gasteiger partial charge in [0.05, 0.1) is 12.8 Å². The monoisotopic (exact) mass is 379 g/mol. The third kappa shape index (κ3) is 3.79. The van der Waals surface area contributed by atoms with Crippen LogP contribution in [0.15, 0.2) is 41.0 Å². The van der Waals surface area contributed by atoms with Crippen LogP contribution in [0, 0.1) is 0 Å². The fraction of sp³-hybridized carbons (Fsp3) is 0.312. The SMILES string of the molecule is CCC(C)(NC(=O)c1ccn(-c2cccc(Br)c2)n1)C(=O)OC. The summed E-state index contributed by atoms with van der Waals surface area (Å²) in [5.74, 6) is -0.909. The van der Waals surface area contributed by atoms with Crippen molar-refractivity contribution in [3.05, 3.63) is 46.7 Å². The van der Waals surface area contributed by atoms with Gasteiger partial charge in [-0.15, -0.1) is 0 Å². The van der Waals surface area contributed by atoms with Crippen molar-refractivity contribution in [2.24, 2.45) is 0 Å². The maximum absolute atomic E-state index is 12.3. The number of methoxy groups -OCH3 is 1. The number of nitrogens with one attached hydrogen (secondary N) is 1. The average molecular weight is 380 g/mol. The van der Waals surface area contributed by atoms with Gasteiger partial charge in [0.1, 0.15) is 5.54 Å². The first-order valence-corrected chi connectivity index (χ1v) is 7.91. The summed E-state index contributed by atoms with van der Waals surface area (Å²) in [7, 11) is 1.30. The maximum atomic E-state index is 12.3. The molecule has 0 aliphatic heterocycles. The Balaban J connectivity index is 2.20. The van der Waals surface area contributed by atoms with E-state index in [2.05, 4.69) is 26.3 Å². The summed E-state index contributed by atoms with van der Waals surface area (Å²) in [5, 5.41) is 6.94. The number of hydrogen-bond donors (Lipinski definition) is 1. The van der Waals surface area contributed by atoms with E-state index in [1.807, 2.05) is 24.3 Å². The Hall–Kier alpha value is -2.15. The van der Waals surface area contributed by atoms with Crippen LogP contribution in [0.5, 0.6) is 0 Å². The molecule has 1 amide bonds.